The van der Waals surface area contributed by atoms with Gasteiger partial charge in [0.05, 0.1) is 6.10 Å². The summed E-state index contributed by atoms with van der Waals surface area (Å²) >= 11 is 0. The fourth-order valence-corrected chi connectivity index (χ4v) is 11.9. The van der Waals surface area contributed by atoms with E-state index in [4.69, 9.17) is 4.43 Å². The lowest BCUT2D eigenvalue weighted by molar-refractivity contribution is 0.230. The van der Waals surface area contributed by atoms with Crippen molar-refractivity contribution in [2.75, 3.05) is 0 Å². The minimum absolute atomic E-state index is 0.236. The molecule has 25 heavy (non-hydrogen) atoms. The Labute approximate surface area is 154 Å². The quantitative estimate of drug-likeness (QED) is 0.626. The molecule has 3 rings (SSSR count). The van der Waals surface area contributed by atoms with Crippen molar-refractivity contribution in [1.82, 2.24) is 0 Å². The number of hydrogen-bond donors (Lipinski definition) is 0. The maximum absolute atomic E-state index is 6.66. The highest BCUT2D eigenvalue weighted by Crippen LogP contribution is 2.44. The second-order valence-corrected chi connectivity index (χ2v) is 16.3. The van der Waals surface area contributed by atoms with Gasteiger partial charge in [-0.05, 0) is 31.5 Å². The Morgan fingerprint density at radius 1 is 1.00 bits per heavy atom. The summed E-state index contributed by atoms with van der Waals surface area (Å²) in [6.45, 7) is 12.1. The topological polar surface area (TPSA) is 9.23 Å². The van der Waals surface area contributed by atoms with Crippen LogP contribution >= 0.6 is 0 Å². The molecule has 0 aromatic heterocycles. The van der Waals surface area contributed by atoms with Gasteiger partial charge in [0.1, 0.15) is 8.07 Å². The van der Waals surface area contributed by atoms with E-state index in [0.29, 0.717) is 0 Å². The fourth-order valence-electron chi connectivity index (χ4n) is 4.30. The van der Waals surface area contributed by atoms with Crippen molar-refractivity contribution in [1.29, 1.82) is 0 Å². The molecular weight excluding hydrogens is 336 g/mol. The molecule has 1 unspecified atom stereocenters. The van der Waals surface area contributed by atoms with E-state index in [9.17, 15) is 0 Å². The normalized spacial score (nSPS) is 22.0. The van der Waals surface area contributed by atoms with Gasteiger partial charge in [0, 0.05) is 0 Å². The SMILES string of the molecule is CC/C(=C1\CC(c2ccccc2)O[Si]1(C)C)[Si](C)(C)c1ccccc1. The molecule has 1 nitrogen and oxygen atoms in total. The van der Waals surface area contributed by atoms with Crippen LogP contribution in [-0.2, 0) is 4.43 Å². The Kier molecular flexibility index (Phi) is 5.19. The van der Waals surface area contributed by atoms with E-state index >= 15 is 0 Å². The van der Waals surface area contributed by atoms with Gasteiger partial charge in [-0.1, -0.05) is 96.3 Å². The highest BCUT2D eigenvalue weighted by Gasteiger charge is 2.44. The van der Waals surface area contributed by atoms with E-state index in [2.05, 4.69) is 93.8 Å². The van der Waals surface area contributed by atoms with E-state index in [1.54, 1.807) is 10.4 Å². The lowest BCUT2D eigenvalue weighted by Gasteiger charge is -2.31. The van der Waals surface area contributed by atoms with Crippen molar-refractivity contribution in [3.05, 3.63) is 76.6 Å². The van der Waals surface area contributed by atoms with Crippen molar-refractivity contribution < 1.29 is 4.43 Å². The van der Waals surface area contributed by atoms with Crippen molar-refractivity contribution in [2.24, 2.45) is 0 Å². The first kappa shape index (κ1) is 18.4. The predicted molar refractivity (Wildman–Crippen MR) is 113 cm³/mol. The van der Waals surface area contributed by atoms with Crippen LogP contribution < -0.4 is 5.19 Å². The first-order valence-corrected chi connectivity index (χ1v) is 15.3. The zero-order chi connectivity index (χ0) is 18.1. The minimum Gasteiger partial charge on any atom is -0.406 e. The van der Waals surface area contributed by atoms with Crippen molar-refractivity contribution in [3.8, 4) is 0 Å². The minimum atomic E-state index is -1.83. The number of allylic oxidation sites excluding steroid dienone is 1. The number of benzene rings is 2. The average Bonchev–Trinajstić information content (AvgIpc) is 2.92. The van der Waals surface area contributed by atoms with Gasteiger partial charge in [-0.25, -0.2) is 0 Å². The van der Waals surface area contributed by atoms with Crippen LogP contribution in [0.3, 0.4) is 0 Å². The first-order chi connectivity index (χ1) is 11.9. The molecule has 0 aliphatic carbocycles. The molecule has 3 heteroatoms. The molecule has 132 valence electrons. The fraction of sp³-hybridized carbons (Fsp3) is 0.364. The van der Waals surface area contributed by atoms with Crippen LogP contribution in [0.25, 0.3) is 0 Å². The molecule has 1 fully saturated rings. The third kappa shape index (κ3) is 3.59. The summed E-state index contributed by atoms with van der Waals surface area (Å²) < 4.78 is 6.66. The second kappa shape index (κ2) is 7.06. The monoisotopic (exact) mass is 366 g/mol. The highest BCUT2D eigenvalue weighted by atomic mass is 28.4. The molecule has 1 atom stereocenters. The molecule has 0 radical (unpaired) electrons. The summed E-state index contributed by atoms with van der Waals surface area (Å²) in [4.78, 5) is 0. The molecule has 0 bridgehead atoms. The summed E-state index contributed by atoms with van der Waals surface area (Å²) in [5.74, 6) is 0. The summed E-state index contributed by atoms with van der Waals surface area (Å²) in [5, 5.41) is 4.92. The number of hydrogen-bond acceptors (Lipinski definition) is 1. The predicted octanol–water partition coefficient (Wildman–Crippen LogP) is 5.75. The van der Waals surface area contributed by atoms with Crippen molar-refractivity contribution in [3.63, 3.8) is 0 Å². The Morgan fingerprint density at radius 2 is 1.56 bits per heavy atom. The van der Waals surface area contributed by atoms with Gasteiger partial charge < -0.3 is 4.43 Å². The third-order valence-corrected chi connectivity index (χ3v) is 12.7. The molecular formula is C22H30OSi2. The van der Waals surface area contributed by atoms with Crippen LogP contribution in [-0.4, -0.2) is 16.4 Å². The van der Waals surface area contributed by atoms with E-state index in [-0.39, 0.29) is 6.10 Å². The van der Waals surface area contributed by atoms with Crippen LogP contribution in [0, 0.1) is 0 Å². The van der Waals surface area contributed by atoms with Crippen molar-refractivity contribution >= 4 is 21.6 Å². The maximum atomic E-state index is 6.66. The van der Waals surface area contributed by atoms with Gasteiger partial charge in [-0.15, -0.1) is 0 Å². The standard InChI is InChI=1S/C22H30OSi2/c1-6-21(24(2,3)19-15-11-8-12-16-19)22-17-20(23-25(22,4)5)18-13-9-7-10-14-18/h7-16,20H,6,17H2,1-5H3/b22-21-. The molecule has 0 amide bonds. The van der Waals surface area contributed by atoms with Gasteiger partial charge in [-0.3, -0.25) is 0 Å². The smallest absolute Gasteiger partial charge is 0.214 e. The van der Waals surface area contributed by atoms with Gasteiger partial charge >= 0.3 is 0 Å². The molecule has 1 aliphatic rings. The van der Waals surface area contributed by atoms with E-state index in [1.807, 2.05) is 0 Å². The molecule has 1 aliphatic heterocycles. The van der Waals surface area contributed by atoms with Gasteiger partial charge in [0.2, 0.25) is 8.32 Å². The van der Waals surface area contributed by atoms with Gasteiger partial charge in [0.25, 0.3) is 0 Å². The lowest BCUT2D eigenvalue weighted by atomic mass is 10.1. The Morgan fingerprint density at radius 3 is 2.12 bits per heavy atom. The van der Waals surface area contributed by atoms with E-state index in [0.717, 1.165) is 12.8 Å². The Hall–Kier alpha value is -1.43. The van der Waals surface area contributed by atoms with Crippen LogP contribution in [0.5, 0.6) is 0 Å². The maximum Gasteiger partial charge on any atom is 0.214 e. The third-order valence-electron chi connectivity index (χ3n) is 5.69. The molecule has 0 spiro atoms. The van der Waals surface area contributed by atoms with E-state index in [1.165, 1.54) is 10.8 Å². The van der Waals surface area contributed by atoms with Crippen LogP contribution in [0.2, 0.25) is 26.2 Å². The van der Waals surface area contributed by atoms with Crippen LogP contribution in [0.1, 0.15) is 31.4 Å². The molecule has 2 aromatic carbocycles. The highest BCUT2D eigenvalue weighted by molar-refractivity contribution is 6.97. The lowest BCUT2D eigenvalue weighted by Crippen LogP contribution is -2.46. The zero-order valence-electron chi connectivity index (χ0n) is 16.2. The second-order valence-electron chi connectivity index (χ2n) is 8.03. The summed E-state index contributed by atoms with van der Waals surface area (Å²) in [6.07, 6.45) is 2.46. The van der Waals surface area contributed by atoms with Crippen molar-refractivity contribution in [2.45, 2.75) is 52.1 Å². The molecule has 0 N–H and O–H groups in total. The largest absolute Gasteiger partial charge is 0.406 e. The zero-order valence-corrected chi connectivity index (χ0v) is 18.2. The number of rotatable bonds is 4. The molecule has 2 aromatic rings. The molecule has 1 heterocycles. The van der Waals surface area contributed by atoms with Crippen LogP contribution in [0.4, 0.5) is 0 Å². The average molecular weight is 367 g/mol. The summed E-state index contributed by atoms with van der Waals surface area (Å²) in [6, 6.07) is 21.9. The molecule has 1 saturated heterocycles. The Balaban J connectivity index is 2.03. The first-order valence-electron chi connectivity index (χ1n) is 9.37. The van der Waals surface area contributed by atoms with Gasteiger partial charge in [-0.2, -0.15) is 0 Å². The summed E-state index contributed by atoms with van der Waals surface area (Å²) in [7, 11) is -3.49. The van der Waals surface area contributed by atoms with E-state index < -0.39 is 16.4 Å². The van der Waals surface area contributed by atoms with Gasteiger partial charge in [0.15, 0.2) is 0 Å². The molecule has 0 saturated carbocycles. The summed E-state index contributed by atoms with van der Waals surface area (Å²) in [5.41, 5.74) is 1.33. The Bertz CT molecular complexity index is 748. The van der Waals surface area contributed by atoms with Crippen LogP contribution in [0.15, 0.2) is 71.1 Å².